The average Bonchev–Trinajstić information content (AvgIpc) is 2.79. The molecule has 2 amide bonds. The summed E-state index contributed by atoms with van der Waals surface area (Å²) in [4.78, 5) is 28.1. The molecule has 0 atom stereocenters. The molecule has 1 aliphatic heterocycles. The van der Waals surface area contributed by atoms with Crippen molar-refractivity contribution in [3.05, 3.63) is 27.7 Å². The maximum atomic E-state index is 12.7. The van der Waals surface area contributed by atoms with Gasteiger partial charge in [0.2, 0.25) is 0 Å². The number of halogens is 2. The Morgan fingerprint density at radius 3 is 2.40 bits per heavy atom. The largest absolute Gasteiger partial charge is 0.506 e. The van der Waals surface area contributed by atoms with Crippen LogP contribution in [0.1, 0.15) is 36.0 Å². The number of carbonyl (C=O) groups excluding carboxylic acids is 2. The van der Waals surface area contributed by atoms with Crippen molar-refractivity contribution >= 4 is 35.2 Å². The van der Waals surface area contributed by atoms with Crippen LogP contribution < -0.4 is 0 Å². The highest BCUT2D eigenvalue weighted by atomic mass is 35.5. The van der Waals surface area contributed by atoms with Gasteiger partial charge >= 0.3 is 6.09 Å². The van der Waals surface area contributed by atoms with Crippen LogP contribution in [0.3, 0.4) is 0 Å². The number of amides is 2. The third-order valence-electron chi connectivity index (χ3n) is 4.62. The third kappa shape index (κ3) is 4.12. The summed E-state index contributed by atoms with van der Waals surface area (Å²) < 4.78 is 5.42. The number of rotatable bonds is 2. The van der Waals surface area contributed by atoms with Crippen molar-refractivity contribution in [2.45, 2.75) is 31.8 Å². The summed E-state index contributed by atoms with van der Waals surface area (Å²) in [7, 11) is 0. The summed E-state index contributed by atoms with van der Waals surface area (Å²) in [5.74, 6) is -0.627. The van der Waals surface area contributed by atoms with E-state index in [-0.39, 0.29) is 39.5 Å². The molecule has 1 aromatic rings. The van der Waals surface area contributed by atoms with Crippen LogP contribution in [0.25, 0.3) is 0 Å². The van der Waals surface area contributed by atoms with E-state index < -0.39 is 0 Å². The molecule has 1 aromatic carbocycles. The molecule has 0 spiro atoms. The van der Waals surface area contributed by atoms with Crippen molar-refractivity contribution in [3.8, 4) is 5.75 Å². The molecule has 0 bridgehead atoms. The summed E-state index contributed by atoms with van der Waals surface area (Å²) >= 11 is 11.8. The monoisotopic (exact) mass is 386 g/mol. The lowest BCUT2D eigenvalue weighted by atomic mass is 9.96. The van der Waals surface area contributed by atoms with Gasteiger partial charge in [0, 0.05) is 31.2 Å². The first-order chi connectivity index (χ1) is 12.0. The van der Waals surface area contributed by atoms with E-state index >= 15 is 0 Å². The van der Waals surface area contributed by atoms with Crippen LogP contribution in [-0.4, -0.2) is 59.2 Å². The van der Waals surface area contributed by atoms with Crippen molar-refractivity contribution in [3.63, 3.8) is 0 Å². The molecule has 25 heavy (non-hydrogen) atoms. The molecule has 2 fully saturated rings. The summed E-state index contributed by atoms with van der Waals surface area (Å²) in [6, 6.07) is 2.79. The van der Waals surface area contributed by atoms with Crippen LogP contribution >= 0.6 is 23.2 Å². The number of carbonyl (C=O) groups is 2. The smallest absolute Gasteiger partial charge is 0.410 e. The second-order valence-corrected chi connectivity index (χ2v) is 7.20. The van der Waals surface area contributed by atoms with Crippen LogP contribution in [0, 0.1) is 0 Å². The molecule has 0 radical (unpaired) electrons. The van der Waals surface area contributed by atoms with E-state index in [0.29, 0.717) is 32.6 Å². The van der Waals surface area contributed by atoms with E-state index in [1.54, 1.807) is 9.80 Å². The molecular formula is C17H20Cl2N2O4. The summed E-state index contributed by atoms with van der Waals surface area (Å²) in [6.07, 6.45) is 3.33. The van der Waals surface area contributed by atoms with E-state index in [2.05, 4.69) is 0 Å². The SMILES string of the molecule is O=C(OC1CCC1)N1CCCN(C(=O)c2cc(Cl)cc(Cl)c2O)CC1. The van der Waals surface area contributed by atoms with Crippen LogP contribution in [0.15, 0.2) is 12.1 Å². The van der Waals surface area contributed by atoms with Crippen molar-refractivity contribution in [1.82, 2.24) is 9.80 Å². The van der Waals surface area contributed by atoms with Crippen molar-refractivity contribution < 1.29 is 19.4 Å². The lowest BCUT2D eigenvalue weighted by Crippen LogP contribution is -2.39. The fourth-order valence-corrected chi connectivity index (χ4v) is 3.40. The zero-order chi connectivity index (χ0) is 18.0. The lowest BCUT2D eigenvalue weighted by Gasteiger charge is -2.29. The van der Waals surface area contributed by atoms with E-state index in [0.717, 1.165) is 19.3 Å². The number of hydrogen-bond acceptors (Lipinski definition) is 4. The molecule has 8 heteroatoms. The number of phenolic OH excluding ortho intramolecular Hbond substituents is 1. The molecule has 1 saturated carbocycles. The second-order valence-electron chi connectivity index (χ2n) is 6.35. The molecule has 136 valence electrons. The molecule has 0 aromatic heterocycles. The van der Waals surface area contributed by atoms with E-state index in [1.807, 2.05) is 0 Å². The van der Waals surface area contributed by atoms with Gasteiger partial charge in [-0.3, -0.25) is 4.79 Å². The summed E-state index contributed by atoms with van der Waals surface area (Å²) in [5, 5.41) is 10.4. The molecule has 1 saturated heterocycles. The van der Waals surface area contributed by atoms with E-state index in [9.17, 15) is 14.7 Å². The third-order valence-corrected chi connectivity index (χ3v) is 5.13. The Labute approximate surface area is 156 Å². The minimum Gasteiger partial charge on any atom is -0.506 e. The first kappa shape index (κ1) is 18.1. The highest BCUT2D eigenvalue weighted by Crippen LogP contribution is 2.32. The number of phenols is 1. The normalized spacial score (nSPS) is 18.5. The predicted molar refractivity (Wildman–Crippen MR) is 94.3 cm³/mol. The Balaban J connectivity index is 1.64. The van der Waals surface area contributed by atoms with E-state index in [4.69, 9.17) is 27.9 Å². The van der Waals surface area contributed by atoms with Gasteiger partial charge in [-0.25, -0.2) is 4.79 Å². The highest BCUT2D eigenvalue weighted by Gasteiger charge is 2.28. The predicted octanol–water partition coefficient (Wildman–Crippen LogP) is 3.54. The first-order valence-corrected chi connectivity index (χ1v) is 9.14. The number of benzene rings is 1. The van der Waals surface area contributed by atoms with Crippen LogP contribution in [-0.2, 0) is 4.74 Å². The number of hydrogen-bond donors (Lipinski definition) is 1. The van der Waals surface area contributed by atoms with Crippen molar-refractivity contribution in [2.24, 2.45) is 0 Å². The molecule has 2 aliphatic rings. The topological polar surface area (TPSA) is 70.1 Å². The van der Waals surface area contributed by atoms with Crippen LogP contribution in [0.4, 0.5) is 4.79 Å². The van der Waals surface area contributed by atoms with Gasteiger partial charge in [0.05, 0.1) is 10.6 Å². The molecule has 1 aliphatic carbocycles. The minimum absolute atomic E-state index is 0.0383. The minimum atomic E-state index is -0.351. The molecule has 3 rings (SSSR count). The Kier molecular flexibility index (Phi) is 5.59. The highest BCUT2D eigenvalue weighted by molar-refractivity contribution is 6.36. The average molecular weight is 387 g/mol. The first-order valence-electron chi connectivity index (χ1n) is 8.38. The number of nitrogens with zero attached hydrogens (tertiary/aromatic N) is 2. The van der Waals surface area contributed by atoms with Gasteiger partial charge in [-0.1, -0.05) is 23.2 Å². The quantitative estimate of drug-likeness (QED) is 0.843. The maximum Gasteiger partial charge on any atom is 0.410 e. The van der Waals surface area contributed by atoms with E-state index in [1.165, 1.54) is 12.1 Å². The molecule has 1 heterocycles. The zero-order valence-corrected chi connectivity index (χ0v) is 15.2. The molecule has 0 unspecified atom stereocenters. The second kappa shape index (κ2) is 7.70. The Hall–Kier alpha value is -1.66. The zero-order valence-electron chi connectivity index (χ0n) is 13.7. The number of aromatic hydroxyl groups is 1. The van der Waals surface area contributed by atoms with Gasteiger partial charge in [-0.15, -0.1) is 0 Å². The van der Waals surface area contributed by atoms with Gasteiger partial charge in [-0.2, -0.15) is 0 Å². The fourth-order valence-electron chi connectivity index (χ4n) is 2.91. The van der Waals surface area contributed by atoms with Gasteiger partial charge in [0.15, 0.2) is 0 Å². The molecule has 1 N–H and O–H groups in total. The maximum absolute atomic E-state index is 12.7. The Morgan fingerprint density at radius 1 is 1.04 bits per heavy atom. The van der Waals surface area contributed by atoms with Crippen LogP contribution in [0.5, 0.6) is 5.75 Å². The summed E-state index contributed by atoms with van der Waals surface area (Å²) in [6.45, 7) is 1.78. The van der Waals surface area contributed by atoms with Crippen molar-refractivity contribution in [1.29, 1.82) is 0 Å². The summed E-state index contributed by atoms with van der Waals surface area (Å²) in [5.41, 5.74) is 0.0722. The van der Waals surface area contributed by atoms with Gasteiger partial charge in [0.25, 0.3) is 5.91 Å². The van der Waals surface area contributed by atoms with Gasteiger partial charge in [-0.05, 0) is 37.8 Å². The lowest BCUT2D eigenvalue weighted by molar-refractivity contribution is 0.0274. The molecular weight excluding hydrogens is 367 g/mol. The Morgan fingerprint density at radius 2 is 1.72 bits per heavy atom. The number of ether oxygens (including phenoxy) is 1. The fraction of sp³-hybridized carbons (Fsp3) is 0.529. The van der Waals surface area contributed by atoms with Crippen molar-refractivity contribution in [2.75, 3.05) is 26.2 Å². The van der Waals surface area contributed by atoms with Gasteiger partial charge < -0.3 is 19.6 Å². The molecule has 6 nitrogen and oxygen atoms in total. The van der Waals surface area contributed by atoms with Gasteiger partial charge in [0.1, 0.15) is 11.9 Å². The standard InChI is InChI=1S/C17H20Cl2N2O4/c18-11-9-13(15(22)14(19)10-11)16(23)20-5-2-6-21(8-7-20)17(24)25-12-3-1-4-12/h9-10,12,22H,1-8H2. The Bertz CT molecular complexity index is 679. The van der Waals surface area contributed by atoms with Crippen LogP contribution in [0.2, 0.25) is 10.0 Å².